The molecule has 0 aromatic heterocycles. The maximum Gasteiger partial charge on any atom is 0.566 e. The zero-order chi connectivity index (χ0) is 3.58. The summed E-state index contributed by atoms with van der Waals surface area (Å²) in [5, 5.41) is 14.8. The Balaban J connectivity index is 0. The molecule has 0 spiro atoms. The van der Waals surface area contributed by atoms with Crippen molar-refractivity contribution in [3.63, 3.8) is 0 Å². The van der Waals surface area contributed by atoms with E-state index in [0.717, 1.165) is 0 Å². The minimum atomic E-state index is -1.69. The van der Waals surface area contributed by atoms with Gasteiger partial charge in [-0.15, -0.1) is 11.5 Å². The molecule has 0 aromatic rings. The molecule has 1 radical (unpaired) electrons. The van der Waals surface area contributed by atoms with Gasteiger partial charge < -0.3 is 10.0 Å². The third-order valence-corrected chi connectivity index (χ3v) is 0. The quantitative estimate of drug-likeness (QED) is 0.379. The fourth-order valence-electron chi connectivity index (χ4n) is 0. The van der Waals surface area contributed by atoms with Crippen LogP contribution in [0.5, 0.6) is 0 Å². The molecule has 25 valence electrons. The molecule has 0 unspecified atom stereocenters. The van der Waals surface area contributed by atoms with Gasteiger partial charge in [-0.05, 0) is 0 Å². The van der Waals surface area contributed by atoms with Crippen LogP contribution in [0.15, 0.2) is 0 Å². The van der Waals surface area contributed by atoms with Crippen molar-refractivity contribution < 1.29 is 10.0 Å². The molecule has 0 saturated heterocycles. The summed E-state index contributed by atoms with van der Waals surface area (Å²) in [7, 11) is 0. The van der Waals surface area contributed by atoms with Gasteiger partial charge in [0.25, 0.3) is 0 Å². The SMILES string of the molecule is OB(O)Cl.[Na]. The molecule has 0 aliphatic carbocycles. The van der Waals surface area contributed by atoms with Crippen molar-refractivity contribution >= 4 is 47.6 Å². The van der Waals surface area contributed by atoms with Crippen LogP contribution in [-0.4, -0.2) is 46.1 Å². The van der Waals surface area contributed by atoms with Crippen LogP contribution in [0.1, 0.15) is 0 Å². The largest absolute Gasteiger partial charge is 0.566 e. The van der Waals surface area contributed by atoms with E-state index >= 15 is 0 Å². The summed E-state index contributed by atoms with van der Waals surface area (Å²) in [6.07, 6.45) is 0. The second-order valence-corrected chi connectivity index (χ2v) is 0.701. The summed E-state index contributed by atoms with van der Waals surface area (Å²) in [6.45, 7) is -1.69. The zero-order valence-corrected chi connectivity index (χ0v) is 5.61. The molecule has 0 aromatic carbocycles. The first-order chi connectivity index (χ1) is 1.73. The molecule has 0 atom stereocenters. The summed E-state index contributed by atoms with van der Waals surface area (Å²) in [5.74, 6) is 0. The van der Waals surface area contributed by atoms with Crippen molar-refractivity contribution in [1.29, 1.82) is 0 Å². The molecule has 5 heteroatoms. The van der Waals surface area contributed by atoms with Gasteiger partial charge >= 0.3 is 6.53 Å². The van der Waals surface area contributed by atoms with Crippen molar-refractivity contribution in [2.45, 2.75) is 0 Å². The molecule has 0 aliphatic rings. The second-order valence-electron chi connectivity index (χ2n) is 0.311. The molecule has 2 N–H and O–H groups in total. The van der Waals surface area contributed by atoms with Gasteiger partial charge in [0.15, 0.2) is 0 Å². The Morgan fingerprint density at radius 1 is 1.40 bits per heavy atom. The topological polar surface area (TPSA) is 40.5 Å². The molecule has 0 fully saturated rings. The Morgan fingerprint density at radius 2 is 1.40 bits per heavy atom. The van der Waals surface area contributed by atoms with E-state index in [0.29, 0.717) is 0 Å². The Morgan fingerprint density at radius 3 is 1.40 bits per heavy atom. The summed E-state index contributed by atoms with van der Waals surface area (Å²) in [5.41, 5.74) is 0. The first kappa shape index (κ1) is 9.55. The van der Waals surface area contributed by atoms with Crippen molar-refractivity contribution in [1.82, 2.24) is 0 Å². The standard InChI is InChI=1S/BClH2O2.Na/c2-1(3)4;/h3-4H;. The van der Waals surface area contributed by atoms with E-state index in [1.54, 1.807) is 0 Å². The molecule has 5 heavy (non-hydrogen) atoms. The summed E-state index contributed by atoms with van der Waals surface area (Å²) in [4.78, 5) is 0. The minimum Gasteiger partial charge on any atom is -0.414 e. The molecule has 0 saturated carbocycles. The third kappa shape index (κ3) is 34.8. The van der Waals surface area contributed by atoms with E-state index < -0.39 is 6.53 Å². The number of halogens is 1. The normalized spacial score (nSPS) is 5.40. The molecular formula is H2BClNaO2. The Kier molecular flexibility index (Phi) is 10.1. The molecule has 0 heterocycles. The van der Waals surface area contributed by atoms with Crippen LogP contribution in [0.4, 0.5) is 0 Å². The van der Waals surface area contributed by atoms with Gasteiger partial charge in [-0.25, -0.2) is 0 Å². The van der Waals surface area contributed by atoms with Crippen LogP contribution < -0.4 is 0 Å². The van der Waals surface area contributed by atoms with Gasteiger partial charge in [-0.2, -0.15) is 0 Å². The molecule has 2 nitrogen and oxygen atoms in total. The van der Waals surface area contributed by atoms with Crippen molar-refractivity contribution in [2.24, 2.45) is 0 Å². The zero-order valence-electron chi connectivity index (χ0n) is 2.85. The maximum atomic E-state index is 7.38. The fraction of sp³-hybridized carbons (Fsp3) is 0. The smallest absolute Gasteiger partial charge is 0.414 e. The Hall–Kier alpha value is 1.27. The fourth-order valence-corrected chi connectivity index (χ4v) is 0. The van der Waals surface area contributed by atoms with Gasteiger partial charge in [0.1, 0.15) is 0 Å². The first-order valence-corrected chi connectivity index (χ1v) is 1.17. The second kappa shape index (κ2) is 5.27. The Labute approximate surface area is 57.5 Å². The first-order valence-electron chi connectivity index (χ1n) is 0.735. The van der Waals surface area contributed by atoms with Crippen molar-refractivity contribution in [2.75, 3.05) is 0 Å². The predicted molar refractivity (Wildman–Crippen MR) is 21.8 cm³/mol. The van der Waals surface area contributed by atoms with Crippen LogP contribution in [-0.2, 0) is 0 Å². The minimum absolute atomic E-state index is 0. The van der Waals surface area contributed by atoms with Crippen LogP contribution in [0.2, 0.25) is 0 Å². The van der Waals surface area contributed by atoms with E-state index in [2.05, 4.69) is 11.5 Å². The van der Waals surface area contributed by atoms with Gasteiger partial charge in [-0.3, -0.25) is 0 Å². The van der Waals surface area contributed by atoms with Gasteiger partial charge in [0.05, 0.1) is 0 Å². The average molecular weight is 103 g/mol. The average Bonchev–Trinajstić information content (AvgIpc) is 0.811. The van der Waals surface area contributed by atoms with E-state index in [4.69, 9.17) is 10.0 Å². The monoisotopic (exact) mass is 103 g/mol. The summed E-state index contributed by atoms with van der Waals surface area (Å²) >= 11 is 4.39. The van der Waals surface area contributed by atoms with E-state index in [9.17, 15) is 0 Å². The summed E-state index contributed by atoms with van der Waals surface area (Å²) in [6, 6.07) is 0. The van der Waals surface area contributed by atoms with E-state index in [-0.39, 0.29) is 29.6 Å². The molecule has 0 amide bonds. The number of rotatable bonds is 0. The van der Waals surface area contributed by atoms with Gasteiger partial charge in [-0.1, -0.05) is 0 Å². The predicted octanol–water partition coefficient (Wildman–Crippen LogP) is -1.19. The van der Waals surface area contributed by atoms with Crippen LogP contribution in [0, 0.1) is 0 Å². The molecule has 0 aliphatic heterocycles. The van der Waals surface area contributed by atoms with Crippen LogP contribution in [0.25, 0.3) is 0 Å². The van der Waals surface area contributed by atoms with Crippen LogP contribution >= 0.6 is 11.5 Å². The van der Waals surface area contributed by atoms with Crippen LogP contribution in [0.3, 0.4) is 0 Å². The third-order valence-electron chi connectivity index (χ3n) is 0. The van der Waals surface area contributed by atoms with Crippen molar-refractivity contribution in [3.8, 4) is 0 Å². The van der Waals surface area contributed by atoms with E-state index in [1.165, 1.54) is 0 Å². The Bertz CT molecular complexity index is 14.4. The molecule has 0 rings (SSSR count). The number of hydrogen-bond acceptors (Lipinski definition) is 2. The molecule has 0 bridgehead atoms. The van der Waals surface area contributed by atoms with Gasteiger partial charge in [0.2, 0.25) is 0 Å². The molecular weight excluding hydrogens is 101 g/mol. The van der Waals surface area contributed by atoms with Gasteiger partial charge in [0, 0.05) is 29.6 Å². The number of hydrogen-bond donors (Lipinski definition) is 2. The maximum absolute atomic E-state index is 7.38. The summed E-state index contributed by atoms with van der Waals surface area (Å²) < 4.78 is 0. The van der Waals surface area contributed by atoms with E-state index in [1.807, 2.05) is 0 Å². The van der Waals surface area contributed by atoms with Crippen molar-refractivity contribution in [3.05, 3.63) is 0 Å².